The molecule has 0 aliphatic heterocycles. The van der Waals surface area contributed by atoms with E-state index in [0.717, 1.165) is 0 Å². The van der Waals surface area contributed by atoms with Gasteiger partial charge in [-0.3, -0.25) is 19.4 Å². The predicted molar refractivity (Wildman–Crippen MR) is 132 cm³/mol. The van der Waals surface area contributed by atoms with Crippen molar-refractivity contribution in [3.63, 3.8) is 0 Å². The number of amides is 3. The van der Waals surface area contributed by atoms with Crippen LogP contribution in [0.15, 0.2) is 29.3 Å². The van der Waals surface area contributed by atoms with Crippen LogP contribution in [0.4, 0.5) is 0 Å². The van der Waals surface area contributed by atoms with Gasteiger partial charge in [-0.2, -0.15) is 0 Å². The van der Waals surface area contributed by atoms with E-state index < -0.39 is 60.6 Å². The van der Waals surface area contributed by atoms with Gasteiger partial charge in [-0.15, -0.1) is 0 Å². The van der Waals surface area contributed by atoms with E-state index in [1.807, 2.05) is 0 Å². The number of phenolic OH excluding ortho intramolecular Hbond substituents is 1. The average molecular weight is 526 g/mol. The molecule has 0 fully saturated rings. The van der Waals surface area contributed by atoms with Crippen LogP contribution in [0.1, 0.15) is 25.3 Å². The Labute approximate surface area is 213 Å². The minimum atomic E-state index is -1.63. The number of hydrogen-bond acceptors (Lipinski definition) is 9. The molecule has 5 unspecified atom stereocenters. The van der Waals surface area contributed by atoms with E-state index in [0.29, 0.717) is 12.0 Å². The maximum absolute atomic E-state index is 13.0. The Morgan fingerprint density at radius 2 is 1.57 bits per heavy atom. The van der Waals surface area contributed by atoms with Gasteiger partial charge in [0, 0.05) is 13.0 Å². The standard InChI is InChI=1S/C22H35N7O8/c1-11(31)17(29-18(33)14(23)3-2-8-26-22(24)25)20(35)27-15(9-12-4-6-13(32)7-5-12)19(34)28-16(10-30)21(36)37/h4-7,11,14-17,30-32H,2-3,8-10,23H2,1H3,(H,27,35)(H,28,34)(H,29,33)(H,36,37)(H4,24,25,26). The number of aliphatic hydroxyl groups is 2. The maximum Gasteiger partial charge on any atom is 0.328 e. The number of nitrogens with zero attached hydrogens (tertiary/aromatic N) is 1. The first-order valence-electron chi connectivity index (χ1n) is 11.4. The van der Waals surface area contributed by atoms with Crippen molar-refractivity contribution >= 4 is 29.7 Å². The molecule has 0 radical (unpaired) electrons. The molecule has 0 aliphatic carbocycles. The molecule has 206 valence electrons. The van der Waals surface area contributed by atoms with Crippen LogP contribution in [0.5, 0.6) is 5.75 Å². The number of carbonyl (C=O) groups excluding carboxylic acids is 3. The van der Waals surface area contributed by atoms with Gasteiger partial charge in [0.1, 0.15) is 23.9 Å². The molecule has 0 spiro atoms. The van der Waals surface area contributed by atoms with E-state index >= 15 is 0 Å². The van der Waals surface area contributed by atoms with E-state index in [4.69, 9.17) is 22.3 Å². The van der Waals surface area contributed by atoms with Crippen LogP contribution in [-0.4, -0.2) is 93.5 Å². The summed E-state index contributed by atoms with van der Waals surface area (Å²) in [5.74, 6) is -4.25. The van der Waals surface area contributed by atoms with Crippen LogP contribution < -0.4 is 33.2 Å². The summed E-state index contributed by atoms with van der Waals surface area (Å²) in [6, 6.07) is 0.142. The molecule has 15 heteroatoms. The highest BCUT2D eigenvalue weighted by Gasteiger charge is 2.32. The van der Waals surface area contributed by atoms with Gasteiger partial charge in [-0.1, -0.05) is 12.1 Å². The summed E-state index contributed by atoms with van der Waals surface area (Å²) in [6.45, 7) is 0.591. The number of carboxylic acid groups (broad SMARTS) is 1. The Bertz CT molecular complexity index is 951. The summed E-state index contributed by atoms with van der Waals surface area (Å²) in [5.41, 5.74) is 16.8. The molecule has 0 aliphatic rings. The normalized spacial score (nSPS) is 14.8. The number of nitrogens with two attached hydrogens (primary N) is 3. The molecule has 0 aromatic heterocycles. The van der Waals surface area contributed by atoms with Crippen molar-refractivity contribution in [2.24, 2.45) is 22.2 Å². The monoisotopic (exact) mass is 525 g/mol. The Hall–Kier alpha value is -3.95. The molecule has 13 N–H and O–H groups in total. The maximum atomic E-state index is 13.0. The first-order valence-corrected chi connectivity index (χ1v) is 11.4. The number of aliphatic carboxylic acids is 1. The number of hydrogen-bond donors (Lipinski definition) is 10. The molecule has 1 aromatic carbocycles. The zero-order valence-electron chi connectivity index (χ0n) is 20.3. The van der Waals surface area contributed by atoms with Gasteiger partial charge in [0.25, 0.3) is 0 Å². The van der Waals surface area contributed by atoms with Gasteiger partial charge in [-0.05, 0) is 37.5 Å². The molecular formula is C22H35N7O8. The largest absolute Gasteiger partial charge is 0.508 e. The lowest BCUT2D eigenvalue weighted by Crippen LogP contribution is -2.60. The highest BCUT2D eigenvalue weighted by atomic mass is 16.4. The number of phenols is 1. The molecular weight excluding hydrogens is 490 g/mol. The quantitative estimate of drug-likeness (QED) is 0.0602. The van der Waals surface area contributed by atoms with Crippen molar-refractivity contribution < 1.29 is 39.6 Å². The van der Waals surface area contributed by atoms with Gasteiger partial charge in [0.2, 0.25) is 17.7 Å². The number of carbonyl (C=O) groups is 4. The molecule has 37 heavy (non-hydrogen) atoms. The smallest absolute Gasteiger partial charge is 0.328 e. The molecule has 5 atom stereocenters. The van der Waals surface area contributed by atoms with E-state index in [1.165, 1.54) is 31.2 Å². The van der Waals surface area contributed by atoms with E-state index in [-0.39, 0.29) is 31.1 Å². The number of carboxylic acids is 1. The third kappa shape index (κ3) is 11.1. The molecule has 1 aromatic rings. The Morgan fingerprint density at radius 3 is 2.08 bits per heavy atom. The van der Waals surface area contributed by atoms with Crippen LogP contribution in [0.25, 0.3) is 0 Å². The second-order valence-corrected chi connectivity index (χ2v) is 8.30. The van der Waals surface area contributed by atoms with Crippen LogP contribution in [0.3, 0.4) is 0 Å². The number of aromatic hydroxyl groups is 1. The fourth-order valence-corrected chi connectivity index (χ4v) is 3.11. The summed E-state index contributed by atoms with van der Waals surface area (Å²) in [4.78, 5) is 53.2. The number of guanidine groups is 1. The van der Waals surface area contributed by atoms with Gasteiger partial charge in [0.15, 0.2) is 5.96 Å². The third-order valence-electron chi connectivity index (χ3n) is 5.17. The third-order valence-corrected chi connectivity index (χ3v) is 5.17. The number of benzene rings is 1. The van der Waals surface area contributed by atoms with Crippen molar-refractivity contribution in [2.45, 2.75) is 56.5 Å². The number of rotatable bonds is 15. The Morgan fingerprint density at radius 1 is 0.973 bits per heavy atom. The molecule has 0 heterocycles. The van der Waals surface area contributed by atoms with Crippen molar-refractivity contribution in [1.82, 2.24) is 16.0 Å². The number of aliphatic imine (C=N–C) groups is 1. The van der Waals surface area contributed by atoms with Crippen molar-refractivity contribution in [2.75, 3.05) is 13.2 Å². The summed E-state index contributed by atoms with van der Waals surface area (Å²) in [7, 11) is 0. The van der Waals surface area contributed by atoms with Crippen molar-refractivity contribution in [3.05, 3.63) is 29.8 Å². The molecule has 0 bridgehead atoms. The Kier molecular flexibility index (Phi) is 12.8. The second-order valence-electron chi connectivity index (χ2n) is 8.30. The van der Waals surface area contributed by atoms with Crippen molar-refractivity contribution in [3.8, 4) is 5.75 Å². The minimum Gasteiger partial charge on any atom is -0.508 e. The minimum absolute atomic E-state index is 0.0356. The summed E-state index contributed by atoms with van der Waals surface area (Å²) >= 11 is 0. The molecule has 0 saturated carbocycles. The summed E-state index contributed by atoms with van der Waals surface area (Å²) in [5, 5.41) is 44.8. The SMILES string of the molecule is CC(O)C(NC(=O)C(N)CCCN=C(N)N)C(=O)NC(Cc1ccc(O)cc1)C(=O)NC(CO)C(=O)O. The van der Waals surface area contributed by atoms with Gasteiger partial charge >= 0.3 is 5.97 Å². The van der Waals surface area contributed by atoms with Gasteiger partial charge < -0.3 is 53.6 Å². The summed E-state index contributed by atoms with van der Waals surface area (Å²) in [6.07, 6.45) is -0.970. The number of aliphatic hydroxyl groups excluding tert-OH is 2. The lowest BCUT2D eigenvalue weighted by molar-refractivity contribution is -0.143. The van der Waals surface area contributed by atoms with E-state index in [2.05, 4.69) is 20.9 Å². The number of nitrogens with one attached hydrogen (secondary N) is 3. The lowest BCUT2D eigenvalue weighted by atomic mass is 10.0. The Balaban J connectivity index is 2.99. The van der Waals surface area contributed by atoms with Crippen LogP contribution in [-0.2, 0) is 25.6 Å². The summed E-state index contributed by atoms with van der Waals surface area (Å²) < 4.78 is 0. The fourth-order valence-electron chi connectivity index (χ4n) is 3.11. The lowest BCUT2D eigenvalue weighted by Gasteiger charge is -2.26. The van der Waals surface area contributed by atoms with Gasteiger partial charge in [-0.25, -0.2) is 4.79 Å². The molecule has 0 saturated heterocycles. The molecule has 3 amide bonds. The second kappa shape index (κ2) is 15.2. The topological polar surface area (TPSA) is 276 Å². The van der Waals surface area contributed by atoms with Crippen LogP contribution in [0.2, 0.25) is 0 Å². The van der Waals surface area contributed by atoms with Crippen LogP contribution >= 0.6 is 0 Å². The molecule has 15 nitrogen and oxygen atoms in total. The highest BCUT2D eigenvalue weighted by Crippen LogP contribution is 2.12. The van der Waals surface area contributed by atoms with Crippen molar-refractivity contribution in [1.29, 1.82) is 0 Å². The van der Waals surface area contributed by atoms with Gasteiger partial charge in [0.05, 0.1) is 18.8 Å². The van der Waals surface area contributed by atoms with E-state index in [9.17, 15) is 34.5 Å². The predicted octanol–water partition coefficient (Wildman–Crippen LogP) is -3.77. The van der Waals surface area contributed by atoms with E-state index in [1.54, 1.807) is 0 Å². The first kappa shape index (κ1) is 31.1. The molecule has 1 rings (SSSR count). The first-order chi connectivity index (χ1) is 17.3. The highest BCUT2D eigenvalue weighted by molar-refractivity contribution is 5.94. The van der Waals surface area contributed by atoms with Crippen LogP contribution in [0, 0.1) is 0 Å². The fraction of sp³-hybridized carbons (Fsp3) is 0.500. The zero-order valence-corrected chi connectivity index (χ0v) is 20.3. The zero-order chi connectivity index (χ0) is 28.1. The average Bonchev–Trinajstić information content (AvgIpc) is 2.83.